The zero-order valence-electron chi connectivity index (χ0n) is 11.3. The van der Waals surface area contributed by atoms with Crippen molar-refractivity contribution in [2.24, 2.45) is 0 Å². The highest BCUT2D eigenvalue weighted by Gasteiger charge is 2.22. The molecule has 0 radical (unpaired) electrons. The summed E-state index contributed by atoms with van der Waals surface area (Å²) in [5.74, 6) is -1.51. The van der Waals surface area contributed by atoms with Crippen molar-refractivity contribution in [2.45, 2.75) is 26.2 Å². The summed E-state index contributed by atoms with van der Waals surface area (Å²) in [7, 11) is 0. The fourth-order valence-corrected chi connectivity index (χ4v) is 2.10. The van der Waals surface area contributed by atoms with E-state index in [4.69, 9.17) is 0 Å². The van der Waals surface area contributed by atoms with Gasteiger partial charge < -0.3 is 5.11 Å². The van der Waals surface area contributed by atoms with Crippen LogP contribution in [0.15, 0.2) is 30.3 Å². The van der Waals surface area contributed by atoms with Gasteiger partial charge in [-0.15, -0.1) is 0 Å². The van der Waals surface area contributed by atoms with E-state index in [9.17, 15) is 14.3 Å². The molecule has 20 heavy (non-hydrogen) atoms. The Morgan fingerprint density at radius 2 is 1.90 bits per heavy atom. The lowest BCUT2D eigenvalue weighted by atomic mass is 9.95. The molecule has 1 N–H and O–H groups in total. The van der Waals surface area contributed by atoms with Crippen molar-refractivity contribution in [1.29, 1.82) is 0 Å². The van der Waals surface area contributed by atoms with E-state index >= 15 is 0 Å². The predicted molar refractivity (Wildman–Crippen MR) is 72.0 cm³/mol. The van der Waals surface area contributed by atoms with Crippen molar-refractivity contribution >= 4 is 5.97 Å². The lowest BCUT2D eigenvalue weighted by Crippen LogP contribution is -2.17. The molecule has 0 fully saturated rings. The van der Waals surface area contributed by atoms with Gasteiger partial charge in [0.1, 0.15) is 17.6 Å². The van der Waals surface area contributed by atoms with Crippen LogP contribution in [0.5, 0.6) is 0 Å². The minimum atomic E-state index is -0.952. The maximum Gasteiger partial charge on any atom is 0.312 e. The molecule has 1 heterocycles. The topological polar surface area (TPSA) is 63.1 Å². The molecule has 1 aromatic heterocycles. The number of benzene rings is 1. The molecule has 1 unspecified atom stereocenters. The highest BCUT2D eigenvalue weighted by molar-refractivity contribution is 5.75. The number of carboxylic acids is 1. The normalized spacial score (nSPS) is 12.2. The van der Waals surface area contributed by atoms with E-state index in [1.807, 2.05) is 0 Å². The van der Waals surface area contributed by atoms with Crippen LogP contribution in [-0.4, -0.2) is 21.0 Å². The van der Waals surface area contributed by atoms with E-state index in [1.165, 1.54) is 12.1 Å². The molecule has 0 saturated carbocycles. The van der Waals surface area contributed by atoms with E-state index in [0.29, 0.717) is 11.5 Å². The highest BCUT2D eigenvalue weighted by Crippen LogP contribution is 2.20. The van der Waals surface area contributed by atoms with Gasteiger partial charge in [0, 0.05) is 5.69 Å². The summed E-state index contributed by atoms with van der Waals surface area (Å²) in [6.45, 7) is 3.53. The van der Waals surface area contributed by atoms with Crippen LogP contribution in [-0.2, 0) is 11.2 Å². The number of aryl methyl sites for hydroxylation is 2. The molecular weight excluding hydrogens is 259 g/mol. The van der Waals surface area contributed by atoms with Crippen LogP contribution in [0.25, 0.3) is 0 Å². The number of hydrogen-bond donors (Lipinski definition) is 1. The molecule has 1 aromatic carbocycles. The third-order valence-corrected chi connectivity index (χ3v) is 2.99. The van der Waals surface area contributed by atoms with E-state index in [0.717, 1.165) is 11.3 Å². The van der Waals surface area contributed by atoms with E-state index in [1.54, 1.807) is 32.0 Å². The second kappa shape index (κ2) is 5.77. The fourth-order valence-electron chi connectivity index (χ4n) is 2.10. The molecule has 0 bridgehead atoms. The molecule has 4 nitrogen and oxygen atoms in total. The van der Waals surface area contributed by atoms with Crippen LogP contribution in [0.2, 0.25) is 0 Å². The number of aliphatic carboxylic acids is 1. The Bertz CT molecular complexity index is 606. The molecule has 0 amide bonds. The quantitative estimate of drug-likeness (QED) is 0.931. The van der Waals surface area contributed by atoms with Crippen LogP contribution in [0.1, 0.15) is 28.7 Å². The van der Waals surface area contributed by atoms with Crippen molar-refractivity contribution in [3.8, 4) is 0 Å². The SMILES string of the molecule is Cc1cc(C(Cc2ccc(F)cc2)C(=O)O)nc(C)n1. The number of hydrogen-bond acceptors (Lipinski definition) is 3. The smallest absolute Gasteiger partial charge is 0.312 e. The Hall–Kier alpha value is -2.30. The van der Waals surface area contributed by atoms with Gasteiger partial charge in [0.25, 0.3) is 0 Å². The zero-order valence-corrected chi connectivity index (χ0v) is 11.3. The number of carboxylic acid groups (broad SMARTS) is 1. The summed E-state index contributed by atoms with van der Waals surface area (Å²) in [6, 6.07) is 7.50. The van der Waals surface area contributed by atoms with Gasteiger partial charge in [-0.25, -0.2) is 14.4 Å². The fraction of sp³-hybridized carbons (Fsp3) is 0.267. The number of halogens is 1. The van der Waals surface area contributed by atoms with E-state index < -0.39 is 11.9 Å². The summed E-state index contributed by atoms with van der Waals surface area (Å²) < 4.78 is 12.9. The number of rotatable bonds is 4. The lowest BCUT2D eigenvalue weighted by molar-refractivity contribution is -0.138. The molecule has 2 aromatic rings. The van der Waals surface area contributed by atoms with Crippen molar-refractivity contribution in [2.75, 3.05) is 0 Å². The van der Waals surface area contributed by atoms with Gasteiger partial charge in [0.05, 0.1) is 5.69 Å². The van der Waals surface area contributed by atoms with E-state index in [-0.39, 0.29) is 12.2 Å². The molecule has 0 aliphatic carbocycles. The van der Waals surface area contributed by atoms with Crippen LogP contribution in [0.3, 0.4) is 0 Å². The second-order valence-corrected chi connectivity index (χ2v) is 4.70. The molecule has 5 heteroatoms. The first-order valence-corrected chi connectivity index (χ1v) is 6.25. The Balaban J connectivity index is 2.31. The van der Waals surface area contributed by atoms with Crippen molar-refractivity contribution in [3.05, 3.63) is 58.9 Å². The van der Waals surface area contributed by atoms with Crippen LogP contribution >= 0.6 is 0 Å². The van der Waals surface area contributed by atoms with Crippen molar-refractivity contribution in [3.63, 3.8) is 0 Å². The maximum absolute atomic E-state index is 12.9. The summed E-state index contributed by atoms with van der Waals surface area (Å²) >= 11 is 0. The second-order valence-electron chi connectivity index (χ2n) is 4.70. The minimum Gasteiger partial charge on any atom is -0.481 e. The Morgan fingerprint density at radius 3 is 2.45 bits per heavy atom. The first-order valence-electron chi connectivity index (χ1n) is 6.25. The van der Waals surface area contributed by atoms with Gasteiger partial charge in [0.2, 0.25) is 0 Å². The molecule has 0 spiro atoms. The van der Waals surface area contributed by atoms with Gasteiger partial charge in [-0.2, -0.15) is 0 Å². The number of nitrogens with zero attached hydrogens (tertiary/aromatic N) is 2. The monoisotopic (exact) mass is 274 g/mol. The molecule has 1 atom stereocenters. The maximum atomic E-state index is 12.9. The molecular formula is C15H15FN2O2. The molecule has 2 rings (SSSR count). The van der Waals surface area contributed by atoms with Crippen molar-refractivity contribution < 1.29 is 14.3 Å². The average molecular weight is 274 g/mol. The Kier molecular flexibility index (Phi) is 4.08. The van der Waals surface area contributed by atoms with Gasteiger partial charge in [-0.1, -0.05) is 12.1 Å². The van der Waals surface area contributed by atoms with Crippen molar-refractivity contribution in [1.82, 2.24) is 9.97 Å². The van der Waals surface area contributed by atoms with Crippen LogP contribution in [0.4, 0.5) is 4.39 Å². The average Bonchev–Trinajstić information content (AvgIpc) is 2.36. The molecule has 0 aliphatic rings. The van der Waals surface area contributed by atoms with Crippen LogP contribution < -0.4 is 0 Å². The summed E-state index contributed by atoms with van der Waals surface area (Å²) in [5.41, 5.74) is 1.97. The van der Waals surface area contributed by atoms with Gasteiger partial charge in [-0.05, 0) is 44.0 Å². The minimum absolute atomic E-state index is 0.269. The standard InChI is InChI=1S/C15H15FN2O2/c1-9-7-14(18-10(2)17-9)13(15(19)20)8-11-3-5-12(16)6-4-11/h3-7,13H,8H2,1-2H3,(H,19,20). The molecule has 104 valence electrons. The van der Waals surface area contributed by atoms with E-state index in [2.05, 4.69) is 9.97 Å². The third-order valence-electron chi connectivity index (χ3n) is 2.99. The Labute approximate surface area is 116 Å². The first kappa shape index (κ1) is 14.1. The van der Waals surface area contributed by atoms with Crippen LogP contribution in [0, 0.1) is 19.7 Å². The Morgan fingerprint density at radius 1 is 1.25 bits per heavy atom. The largest absolute Gasteiger partial charge is 0.481 e. The molecule has 0 aliphatic heterocycles. The predicted octanol–water partition coefficient (Wildman–Crippen LogP) is 2.64. The zero-order chi connectivity index (χ0) is 14.7. The summed E-state index contributed by atoms with van der Waals surface area (Å²) in [4.78, 5) is 19.8. The third kappa shape index (κ3) is 3.38. The summed E-state index contributed by atoms with van der Waals surface area (Å²) in [6.07, 6.45) is 0.269. The number of carbonyl (C=O) groups is 1. The lowest BCUT2D eigenvalue weighted by Gasteiger charge is -2.13. The number of aromatic nitrogens is 2. The van der Waals surface area contributed by atoms with Gasteiger partial charge in [-0.3, -0.25) is 4.79 Å². The molecule has 0 saturated heterocycles. The summed E-state index contributed by atoms with van der Waals surface area (Å²) in [5, 5.41) is 9.39. The van der Waals surface area contributed by atoms with Gasteiger partial charge >= 0.3 is 5.97 Å². The first-order chi connectivity index (χ1) is 9.45. The van der Waals surface area contributed by atoms with Gasteiger partial charge in [0.15, 0.2) is 0 Å². The highest BCUT2D eigenvalue weighted by atomic mass is 19.1.